The maximum atomic E-state index is 12.2. The summed E-state index contributed by atoms with van der Waals surface area (Å²) in [5.41, 5.74) is 4.86. The van der Waals surface area contributed by atoms with E-state index in [1.54, 1.807) is 0 Å². The van der Waals surface area contributed by atoms with Crippen LogP contribution in [0.4, 0.5) is 13.2 Å². The summed E-state index contributed by atoms with van der Waals surface area (Å²) >= 11 is 0. The van der Waals surface area contributed by atoms with Gasteiger partial charge >= 0.3 is 12.3 Å². The molecule has 0 spiro atoms. The smallest absolute Gasteiger partial charge is 0.481 e. The largest absolute Gasteiger partial charge is 0.573 e. The third-order valence-electron chi connectivity index (χ3n) is 2.04. The standard InChI is InChI=1S/C10H11F3N2O4/c1-17-8-5(4-14)3-6(19-10(11,12)13)7(15-8)9(16)18-2/h3H,4,14H2,1-2H3. The first-order valence-corrected chi connectivity index (χ1v) is 4.94. The minimum absolute atomic E-state index is 0.0718. The molecule has 0 aliphatic heterocycles. The van der Waals surface area contributed by atoms with Gasteiger partial charge in [0, 0.05) is 12.1 Å². The molecule has 0 fully saturated rings. The molecule has 1 aromatic heterocycles. The number of hydrogen-bond donors (Lipinski definition) is 1. The number of hydrogen-bond acceptors (Lipinski definition) is 6. The van der Waals surface area contributed by atoms with E-state index in [-0.39, 0.29) is 18.0 Å². The summed E-state index contributed by atoms with van der Waals surface area (Å²) in [6, 6.07) is 0.936. The summed E-state index contributed by atoms with van der Waals surface area (Å²) in [6.07, 6.45) is -4.97. The Bertz CT molecular complexity index is 477. The number of nitrogens with zero attached hydrogens (tertiary/aromatic N) is 1. The van der Waals surface area contributed by atoms with Crippen molar-refractivity contribution in [3.63, 3.8) is 0 Å². The number of aromatic nitrogens is 1. The first kappa shape index (κ1) is 15.0. The highest BCUT2D eigenvalue weighted by Gasteiger charge is 2.34. The van der Waals surface area contributed by atoms with Crippen molar-refractivity contribution in [1.82, 2.24) is 4.98 Å². The van der Waals surface area contributed by atoms with Crippen LogP contribution in [0.25, 0.3) is 0 Å². The molecule has 0 aromatic carbocycles. The molecule has 6 nitrogen and oxygen atoms in total. The molecule has 0 radical (unpaired) electrons. The van der Waals surface area contributed by atoms with Gasteiger partial charge in [-0.2, -0.15) is 0 Å². The van der Waals surface area contributed by atoms with Gasteiger partial charge in [-0.25, -0.2) is 9.78 Å². The van der Waals surface area contributed by atoms with Gasteiger partial charge in [0.05, 0.1) is 14.2 Å². The van der Waals surface area contributed by atoms with E-state index in [1.165, 1.54) is 7.11 Å². The fourth-order valence-corrected chi connectivity index (χ4v) is 1.29. The van der Waals surface area contributed by atoms with Crippen molar-refractivity contribution in [3.8, 4) is 11.6 Å². The molecule has 0 amide bonds. The van der Waals surface area contributed by atoms with Crippen LogP contribution in [0, 0.1) is 0 Å². The molecule has 106 valence electrons. The molecule has 0 atom stereocenters. The van der Waals surface area contributed by atoms with Gasteiger partial charge < -0.3 is 19.9 Å². The zero-order valence-electron chi connectivity index (χ0n) is 10.1. The normalized spacial score (nSPS) is 11.1. The lowest BCUT2D eigenvalue weighted by atomic mass is 10.2. The van der Waals surface area contributed by atoms with Crippen LogP contribution in [0.3, 0.4) is 0 Å². The van der Waals surface area contributed by atoms with Crippen LogP contribution in [0.5, 0.6) is 11.6 Å². The second kappa shape index (κ2) is 5.74. The first-order valence-electron chi connectivity index (χ1n) is 4.94. The highest BCUT2D eigenvalue weighted by Crippen LogP contribution is 2.30. The SMILES string of the molecule is COC(=O)c1nc(OC)c(CN)cc1OC(F)(F)F. The second-order valence-corrected chi connectivity index (χ2v) is 3.25. The molecule has 0 saturated carbocycles. The van der Waals surface area contributed by atoms with Crippen LogP contribution >= 0.6 is 0 Å². The van der Waals surface area contributed by atoms with Gasteiger partial charge in [0.25, 0.3) is 0 Å². The summed E-state index contributed by atoms with van der Waals surface area (Å²) in [6.45, 7) is -0.133. The first-order chi connectivity index (χ1) is 8.82. The molecule has 19 heavy (non-hydrogen) atoms. The van der Waals surface area contributed by atoms with Crippen LogP contribution in [0.1, 0.15) is 16.1 Å². The maximum Gasteiger partial charge on any atom is 0.573 e. The topological polar surface area (TPSA) is 83.7 Å². The average Bonchev–Trinajstić information content (AvgIpc) is 2.35. The van der Waals surface area contributed by atoms with Gasteiger partial charge in [0.2, 0.25) is 5.88 Å². The molecule has 0 bridgehead atoms. The van der Waals surface area contributed by atoms with Crippen molar-refractivity contribution in [3.05, 3.63) is 17.3 Å². The highest BCUT2D eigenvalue weighted by molar-refractivity contribution is 5.90. The van der Waals surface area contributed by atoms with Crippen molar-refractivity contribution in [2.24, 2.45) is 5.73 Å². The number of ether oxygens (including phenoxy) is 3. The molecular weight excluding hydrogens is 269 g/mol. The number of nitrogens with two attached hydrogens (primary N) is 1. The zero-order chi connectivity index (χ0) is 14.6. The lowest BCUT2D eigenvalue weighted by molar-refractivity contribution is -0.274. The zero-order valence-corrected chi connectivity index (χ0v) is 10.1. The predicted molar refractivity (Wildman–Crippen MR) is 56.7 cm³/mol. The molecule has 1 heterocycles. The predicted octanol–water partition coefficient (Wildman–Crippen LogP) is 1.23. The second-order valence-electron chi connectivity index (χ2n) is 3.25. The van der Waals surface area contributed by atoms with Gasteiger partial charge in [-0.15, -0.1) is 13.2 Å². The Morgan fingerprint density at radius 1 is 1.42 bits per heavy atom. The Morgan fingerprint density at radius 2 is 2.05 bits per heavy atom. The van der Waals surface area contributed by atoms with Crippen molar-refractivity contribution in [2.75, 3.05) is 14.2 Å². The lowest BCUT2D eigenvalue weighted by Gasteiger charge is -2.14. The minimum atomic E-state index is -4.97. The molecule has 0 saturated heterocycles. The molecular formula is C10H11F3N2O4. The fourth-order valence-electron chi connectivity index (χ4n) is 1.29. The van der Waals surface area contributed by atoms with Gasteiger partial charge in [-0.1, -0.05) is 0 Å². The number of rotatable bonds is 4. The molecule has 2 N–H and O–H groups in total. The summed E-state index contributed by atoms with van der Waals surface area (Å²) < 4.78 is 49.6. The number of methoxy groups -OCH3 is 2. The highest BCUT2D eigenvalue weighted by atomic mass is 19.4. The van der Waals surface area contributed by atoms with Gasteiger partial charge in [-0.3, -0.25) is 0 Å². The Kier molecular flexibility index (Phi) is 4.54. The number of alkyl halides is 3. The van der Waals surface area contributed by atoms with Crippen LogP contribution in [0.2, 0.25) is 0 Å². The van der Waals surface area contributed by atoms with E-state index in [0.717, 1.165) is 13.2 Å². The molecule has 0 aliphatic carbocycles. The molecule has 0 unspecified atom stereocenters. The lowest BCUT2D eigenvalue weighted by Crippen LogP contribution is -2.21. The average molecular weight is 280 g/mol. The fraction of sp³-hybridized carbons (Fsp3) is 0.400. The number of pyridine rings is 1. The van der Waals surface area contributed by atoms with Crippen molar-refractivity contribution >= 4 is 5.97 Å². The molecule has 1 aromatic rings. The Morgan fingerprint density at radius 3 is 2.47 bits per heavy atom. The van der Waals surface area contributed by atoms with Gasteiger partial charge in [0.15, 0.2) is 11.4 Å². The summed E-state index contributed by atoms with van der Waals surface area (Å²) in [4.78, 5) is 15.0. The summed E-state index contributed by atoms with van der Waals surface area (Å²) in [5.74, 6) is -1.95. The minimum Gasteiger partial charge on any atom is -0.481 e. The Balaban J connectivity index is 3.35. The van der Waals surface area contributed by atoms with Gasteiger partial charge in [-0.05, 0) is 6.07 Å². The van der Waals surface area contributed by atoms with E-state index in [1.807, 2.05) is 0 Å². The number of carbonyl (C=O) groups excluding carboxylic acids is 1. The van der Waals surface area contributed by atoms with E-state index in [0.29, 0.717) is 0 Å². The van der Waals surface area contributed by atoms with Crippen LogP contribution in [-0.4, -0.2) is 31.5 Å². The van der Waals surface area contributed by atoms with Crippen molar-refractivity contribution in [2.45, 2.75) is 12.9 Å². The quantitative estimate of drug-likeness (QED) is 0.835. The van der Waals surface area contributed by atoms with E-state index in [9.17, 15) is 18.0 Å². The molecule has 0 aliphatic rings. The van der Waals surface area contributed by atoms with E-state index < -0.39 is 23.8 Å². The van der Waals surface area contributed by atoms with Crippen molar-refractivity contribution in [1.29, 1.82) is 0 Å². The van der Waals surface area contributed by atoms with E-state index in [2.05, 4.69) is 14.5 Å². The maximum absolute atomic E-state index is 12.2. The number of halogens is 3. The monoisotopic (exact) mass is 280 g/mol. The van der Waals surface area contributed by atoms with E-state index in [4.69, 9.17) is 10.5 Å². The van der Waals surface area contributed by atoms with E-state index >= 15 is 0 Å². The van der Waals surface area contributed by atoms with Crippen LogP contribution in [0.15, 0.2) is 6.07 Å². The number of esters is 1. The molecule has 9 heteroatoms. The van der Waals surface area contributed by atoms with Gasteiger partial charge in [0.1, 0.15) is 0 Å². The number of carbonyl (C=O) groups is 1. The van der Waals surface area contributed by atoms with Crippen molar-refractivity contribution < 1.29 is 32.2 Å². The Labute approximate surface area is 106 Å². The Hall–Kier alpha value is -2.03. The van der Waals surface area contributed by atoms with Crippen LogP contribution < -0.4 is 15.2 Å². The third-order valence-corrected chi connectivity index (χ3v) is 2.04. The summed E-state index contributed by atoms with van der Waals surface area (Å²) in [7, 11) is 2.25. The van der Waals surface area contributed by atoms with Crippen LogP contribution in [-0.2, 0) is 11.3 Å². The summed E-state index contributed by atoms with van der Waals surface area (Å²) in [5, 5.41) is 0. The molecule has 1 rings (SSSR count). The third kappa shape index (κ3) is 3.71.